The number of aromatic nitrogens is 2. The molecule has 0 unspecified atom stereocenters. The van der Waals surface area contributed by atoms with E-state index in [1.165, 1.54) is 12.4 Å². The number of amides is 1. The van der Waals surface area contributed by atoms with Crippen molar-refractivity contribution >= 4 is 11.6 Å². The van der Waals surface area contributed by atoms with Gasteiger partial charge < -0.3 is 11.1 Å². The minimum Gasteiger partial charge on any atom is -0.397 e. The molecule has 5 heteroatoms. The normalized spacial score (nSPS) is 10.1. The molecule has 1 amide bonds. The lowest BCUT2D eigenvalue weighted by Crippen LogP contribution is -2.24. The highest BCUT2D eigenvalue weighted by Gasteiger charge is 2.09. The molecule has 0 bridgehead atoms. The van der Waals surface area contributed by atoms with E-state index in [1.54, 1.807) is 12.3 Å². The highest BCUT2D eigenvalue weighted by molar-refractivity contribution is 5.98. The van der Waals surface area contributed by atoms with E-state index in [2.05, 4.69) is 15.3 Å². The fourth-order valence-corrected chi connectivity index (χ4v) is 1.58. The number of aryl methyl sites for hydroxylation is 1. The third-order valence-electron chi connectivity index (χ3n) is 2.63. The molecule has 0 spiro atoms. The summed E-state index contributed by atoms with van der Waals surface area (Å²) in [5, 5.41) is 2.79. The third-order valence-corrected chi connectivity index (χ3v) is 2.63. The lowest BCUT2D eigenvalue weighted by Gasteiger charge is -2.08. The molecule has 0 radical (unpaired) electrons. The Hall–Kier alpha value is -2.43. The molecule has 0 aliphatic rings. The smallest absolute Gasteiger partial charge is 0.253 e. The molecular formula is C13H14N4O. The Morgan fingerprint density at radius 3 is 2.94 bits per heavy atom. The summed E-state index contributed by atoms with van der Waals surface area (Å²) < 4.78 is 0. The summed E-state index contributed by atoms with van der Waals surface area (Å²) >= 11 is 0. The Morgan fingerprint density at radius 1 is 1.39 bits per heavy atom. The van der Waals surface area contributed by atoms with E-state index in [0.717, 1.165) is 11.3 Å². The van der Waals surface area contributed by atoms with Crippen molar-refractivity contribution in [2.45, 2.75) is 13.5 Å². The first kappa shape index (κ1) is 12.0. The average molecular weight is 242 g/mol. The maximum absolute atomic E-state index is 11.9. The summed E-state index contributed by atoms with van der Waals surface area (Å²) in [6.07, 6.45) is 4.70. The van der Waals surface area contributed by atoms with Gasteiger partial charge in [-0.25, -0.2) is 0 Å². The second-order valence-corrected chi connectivity index (χ2v) is 3.91. The second kappa shape index (κ2) is 5.27. The summed E-state index contributed by atoms with van der Waals surface area (Å²) in [5.41, 5.74) is 8.37. The van der Waals surface area contributed by atoms with Crippen LogP contribution in [0.2, 0.25) is 0 Å². The summed E-state index contributed by atoms with van der Waals surface area (Å²) in [6, 6.07) is 5.41. The van der Waals surface area contributed by atoms with Crippen molar-refractivity contribution in [3.8, 4) is 0 Å². The van der Waals surface area contributed by atoms with Gasteiger partial charge in [0.1, 0.15) is 0 Å². The largest absolute Gasteiger partial charge is 0.397 e. The first-order chi connectivity index (χ1) is 8.68. The lowest BCUT2D eigenvalue weighted by atomic mass is 10.2. The van der Waals surface area contributed by atoms with Gasteiger partial charge in [0.2, 0.25) is 0 Å². The van der Waals surface area contributed by atoms with Crippen molar-refractivity contribution in [3.63, 3.8) is 0 Å². The standard InChI is InChI=1S/C13H14N4O/c1-9-3-2-5-16-12(9)8-17-13(18)10-4-6-15-7-11(10)14/h2-7H,8,14H2,1H3,(H,17,18). The second-order valence-electron chi connectivity index (χ2n) is 3.91. The van der Waals surface area contributed by atoms with Crippen molar-refractivity contribution in [2.75, 3.05) is 5.73 Å². The summed E-state index contributed by atoms with van der Waals surface area (Å²) in [6.45, 7) is 2.34. The van der Waals surface area contributed by atoms with Crippen molar-refractivity contribution in [2.24, 2.45) is 0 Å². The number of hydrogen-bond acceptors (Lipinski definition) is 4. The maximum Gasteiger partial charge on any atom is 0.253 e. The van der Waals surface area contributed by atoms with Gasteiger partial charge in [0.15, 0.2) is 0 Å². The number of carbonyl (C=O) groups is 1. The monoisotopic (exact) mass is 242 g/mol. The molecule has 0 atom stereocenters. The number of nitrogens with one attached hydrogen (secondary N) is 1. The molecular weight excluding hydrogens is 228 g/mol. The molecule has 2 rings (SSSR count). The van der Waals surface area contributed by atoms with Gasteiger partial charge in [-0.15, -0.1) is 0 Å². The van der Waals surface area contributed by atoms with Crippen LogP contribution in [0.3, 0.4) is 0 Å². The Kier molecular flexibility index (Phi) is 3.52. The van der Waals surface area contributed by atoms with E-state index in [1.807, 2.05) is 19.1 Å². The van der Waals surface area contributed by atoms with E-state index in [-0.39, 0.29) is 5.91 Å². The maximum atomic E-state index is 11.9. The first-order valence-corrected chi connectivity index (χ1v) is 5.56. The Morgan fingerprint density at radius 2 is 2.22 bits per heavy atom. The molecule has 5 nitrogen and oxygen atoms in total. The van der Waals surface area contributed by atoms with E-state index >= 15 is 0 Å². The number of pyridine rings is 2. The van der Waals surface area contributed by atoms with Crippen LogP contribution in [-0.2, 0) is 6.54 Å². The van der Waals surface area contributed by atoms with Gasteiger partial charge in [0.25, 0.3) is 5.91 Å². The van der Waals surface area contributed by atoms with Gasteiger partial charge in [0.05, 0.1) is 29.7 Å². The summed E-state index contributed by atoms with van der Waals surface area (Å²) in [5.74, 6) is -0.222. The molecule has 2 heterocycles. The number of rotatable bonds is 3. The fraction of sp³-hybridized carbons (Fsp3) is 0.154. The van der Waals surface area contributed by atoms with Crippen molar-refractivity contribution in [1.82, 2.24) is 15.3 Å². The van der Waals surface area contributed by atoms with Crippen LogP contribution >= 0.6 is 0 Å². The summed E-state index contributed by atoms with van der Waals surface area (Å²) in [7, 11) is 0. The number of hydrogen-bond donors (Lipinski definition) is 2. The van der Waals surface area contributed by atoms with Crippen molar-refractivity contribution in [1.29, 1.82) is 0 Å². The first-order valence-electron chi connectivity index (χ1n) is 5.56. The zero-order chi connectivity index (χ0) is 13.0. The number of nitrogens with zero attached hydrogens (tertiary/aromatic N) is 2. The lowest BCUT2D eigenvalue weighted by molar-refractivity contribution is 0.0951. The molecule has 0 saturated carbocycles. The molecule has 0 aliphatic heterocycles. The quantitative estimate of drug-likeness (QED) is 0.850. The van der Waals surface area contributed by atoms with Crippen LogP contribution in [0.25, 0.3) is 0 Å². The van der Waals surface area contributed by atoms with Crippen LogP contribution in [0, 0.1) is 6.92 Å². The average Bonchev–Trinajstić information content (AvgIpc) is 2.38. The molecule has 2 aromatic heterocycles. The molecule has 0 aromatic carbocycles. The zero-order valence-corrected chi connectivity index (χ0v) is 10.1. The molecule has 3 N–H and O–H groups in total. The van der Waals surface area contributed by atoms with Gasteiger partial charge in [-0.3, -0.25) is 14.8 Å². The van der Waals surface area contributed by atoms with Crippen LogP contribution in [0.5, 0.6) is 0 Å². The fourth-order valence-electron chi connectivity index (χ4n) is 1.58. The van der Waals surface area contributed by atoms with Crippen LogP contribution in [0.15, 0.2) is 36.8 Å². The van der Waals surface area contributed by atoms with Crippen LogP contribution in [-0.4, -0.2) is 15.9 Å². The van der Waals surface area contributed by atoms with E-state index in [9.17, 15) is 4.79 Å². The number of carbonyl (C=O) groups excluding carboxylic acids is 1. The minimum absolute atomic E-state index is 0.222. The van der Waals surface area contributed by atoms with Gasteiger partial charge in [-0.05, 0) is 24.6 Å². The molecule has 2 aromatic rings. The Bertz CT molecular complexity index is 568. The van der Waals surface area contributed by atoms with Crippen LogP contribution in [0.4, 0.5) is 5.69 Å². The van der Waals surface area contributed by atoms with E-state index < -0.39 is 0 Å². The predicted molar refractivity (Wildman–Crippen MR) is 68.8 cm³/mol. The third kappa shape index (κ3) is 2.63. The Labute approximate surface area is 105 Å². The molecule has 18 heavy (non-hydrogen) atoms. The molecule has 0 fully saturated rings. The zero-order valence-electron chi connectivity index (χ0n) is 10.1. The van der Waals surface area contributed by atoms with E-state index in [0.29, 0.717) is 17.8 Å². The SMILES string of the molecule is Cc1cccnc1CNC(=O)c1ccncc1N. The van der Waals surface area contributed by atoms with Crippen molar-refractivity contribution < 1.29 is 4.79 Å². The number of nitrogen functional groups attached to an aromatic ring is 1. The van der Waals surface area contributed by atoms with Gasteiger partial charge >= 0.3 is 0 Å². The highest BCUT2D eigenvalue weighted by atomic mass is 16.1. The molecule has 92 valence electrons. The van der Waals surface area contributed by atoms with Crippen LogP contribution < -0.4 is 11.1 Å². The van der Waals surface area contributed by atoms with Crippen molar-refractivity contribution in [3.05, 3.63) is 53.6 Å². The number of nitrogens with two attached hydrogens (primary N) is 1. The Balaban J connectivity index is 2.06. The van der Waals surface area contributed by atoms with Gasteiger partial charge in [-0.2, -0.15) is 0 Å². The molecule has 0 aliphatic carbocycles. The predicted octanol–water partition coefficient (Wildman–Crippen LogP) is 1.30. The minimum atomic E-state index is -0.222. The molecule has 0 saturated heterocycles. The summed E-state index contributed by atoms with van der Waals surface area (Å²) in [4.78, 5) is 20.0. The number of anilines is 1. The van der Waals surface area contributed by atoms with Gasteiger partial charge in [0, 0.05) is 12.4 Å². The highest BCUT2D eigenvalue weighted by Crippen LogP contribution is 2.09. The van der Waals surface area contributed by atoms with E-state index in [4.69, 9.17) is 5.73 Å². The van der Waals surface area contributed by atoms with Gasteiger partial charge in [-0.1, -0.05) is 6.07 Å². The van der Waals surface area contributed by atoms with Crippen LogP contribution in [0.1, 0.15) is 21.6 Å². The topological polar surface area (TPSA) is 80.9 Å².